The van der Waals surface area contributed by atoms with E-state index in [1.807, 2.05) is 11.2 Å². The lowest BCUT2D eigenvalue weighted by atomic mass is 10.2. The maximum atomic E-state index is 11.3. The molecular formula is C61H49Cl13I3N13O9S2. The number of hydrazone groups is 1. The third-order valence-electron chi connectivity index (χ3n) is 10.3. The van der Waals surface area contributed by atoms with Crippen LogP contribution in [0.3, 0.4) is 0 Å². The maximum Gasteiger partial charge on any atom is 0.338 e. The number of aromatic nitrogens is 6. The number of thiocarbonyl (C=S) groups is 1. The number of alkyl halides is 1. The topological polar surface area (TPSA) is 388 Å². The number of aliphatic imine (C=N–C) groups is 1. The smallest absolute Gasteiger partial charge is 0.338 e. The third kappa shape index (κ3) is 40.4. The number of ketones is 1. The number of H-pyrrole nitrogens is 2. The molecule has 13 N–H and O–H groups in total. The highest BCUT2D eigenvalue weighted by Crippen LogP contribution is 2.28. The van der Waals surface area contributed by atoms with Crippen LogP contribution in [0, 0.1) is 5.41 Å². The minimum Gasteiger partial charge on any atom is -0.478 e. The Hall–Kier alpha value is -5.41. The maximum absolute atomic E-state index is 11.3. The van der Waals surface area contributed by atoms with E-state index in [4.69, 9.17) is 202 Å². The monoisotopic (exact) mass is 2010 g/mol. The van der Waals surface area contributed by atoms with Gasteiger partial charge >= 0.3 is 23.9 Å². The lowest BCUT2D eigenvalue weighted by Gasteiger charge is -2.02. The van der Waals surface area contributed by atoms with Gasteiger partial charge < -0.3 is 38.0 Å². The van der Waals surface area contributed by atoms with Crippen LogP contribution < -0.4 is 23.0 Å². The van der Waals surface area contributed by atoms with Gasteiger partial charge in [0.15, 0.2) is 17.4 Å². The molecule has 0 saturated carbocycles. The van der Waals surface area contributed by atoms with Gasteiger partial charge in [0.2, 0.25) is 5.24 Å². The van der Waals surface area contributed by atoms with Gasteiger partial charge in [-0.2, -0.15) is 15.3 Å². The fourth-order valence-electron chi connectivity index (χ4n) is 6.37. The van der Waals surface area contributed by atoms with Crippen molar-refractivity contribution in [2.45, 2.75) is 0 Å². The number of aliphatic carboxylic acids is 2. The number of nitrogens with one attached hydrogen (secondary N) is 3. The normalized spacial score (nSPS) is 11.0. The number of rotatable bonds is 14. The molecule has 8 aromatic rings. The Morgan fingerprint density at radius 3 is 1.15 bits per heavy atom. The average molecular weight is 2010 g/mol. The summed E-state index contributed by atoms with van der Waals surface area (Å²) in [5.74, 6) is 2.97. The fraction of sp³-hybridized carbons (Fsp3) is 0.0492. The van der Waals surface area contributed by atoms with Crippen molar-refractivity contribution in [2.24, 2.45) is 33.1 Å². The molecule has 101 heavy (non-hydrogen) atoms. The minimum atomic E-state index is -1.20. The van der Waals surface area contributed by atoms with E-state index in [2.05, 4.69) is 67.8 Å². The largest absolute Gasteiger partial charge is 0.478 e. The van der Waals surface area contributed by atoms with E-state index in [1.54, 1.807) is 109 Å². The van der Waals surface area contributed by atoms with Gasteiger partial charge in [0.25, 0.3) is 0 Å². The van der Waals surface area contributed by atoms with Gasteiger partial charge in [0.1, 0.15) is 34.9 Å². The molecule has 0 saturated heterocycles. The van der Waals surface area contributed by atoms with Crippen LogP contribution in [-0.2, 0) is 33.5 Å². The summed E-state index contributed by atoms with van der Waals surface area (Å²) < 4.78 is 3.97. The highest BCUT2D eigenvalue weighted by Gasteiger charge is 2.12. The SMILES string of the molecule is CI.CSC(=N)c1cc(Cl)cc(Cl)c1.I.I.NC(=NCC(=O)/C=C\C(=O)O)c1cc(Cl)cc(Cl)c1.NC(=S)c1cc(Cl)cc(Cl)c1.NN=C(N)c1cc(Cl)cc(Cl)c1.O=C(Cl)/C=C\c1nc(-c2cc(Cl)cc(Cl)c2)n[nH]1.O=C(O)/C=C\c1nc(-c2cc(Cl)cc(Cl)c2)n[nH]1.O=C1C=CC(=O)O1. The van der Waals surface area contributed by atoms with Crippen LogP contribution in [0.15, 0.2) is 156 Å². The number of halogens is 16. The molecule has 6 aromatic carbocycles. The molecule has 2 aromatic heterocycles. The number of benzene rings is 6. The van der Waals surface area contributed by atoms with Gasteiger partial charge in [-0.25, -0.2) is 29.1 Å². The molecular weight excluding hydrogens is 1960 g/mol. The predicted octanol–water partition coefficient (Wildman–Crippen LogP) is 18.1. The second-order valence-corrected chi connectivity index (χ2v) is 24.5. The Morgan fingerprint density at radius 1 is 0.535 bits per heavy atom. The van der Waals surface area contributed by atoms with Gasteiger partial charge in [-0.3, -0.25) is 30.2 Å². The zero-order valence-electron chi connectivity index (χ0n) is 50.9. The average Bonchev–Trinajstić information content (AvgIpc) is 1.76. The molecule has 0 amide bonds. The Kier molecular flexibility index (Phi) is 48.2. The number of aromatic amines is 2. The molecule has 0 bridgehead atoms. The molecule has 3 heterocycles. The van der Waals surface area contributed by atoms with Crippen molar-refractivity contribution in [3.8, 4) is 22.8 Å². The molecule has 40 heteroatoms. The van der Waals surface area contributed by atoms with E-state index in [0.29, 0.717) is 121 Å². The highest BCUT2D eigenvalue weighted by molar-refractivity contribution is 14.1. The first-order chi connectivity index (χ1) is 46.6. The lowest BCUT2D eigenvalue weighted by Crippen LogP contribution is -2.15. The number of esters is 2. The zero-order valence-corrected chi connectivity index (χ0v) is 69.2. The molecule has 0 radical (unpaired) electrons. The van der Waals surface area contributed by atoms with Crippen LogP contribution in [0.25, 0.3) is 34.9 Å². The molecule has 0 unspecified atom stereocenters. The van der Waals surface area contributed by atoms with E-state index in [0.717, 1.165) is 35.9 Å². The van der Waals surface area contributed by atoms with Crippen molar-refractivity contribution >= 4 is 314 Å². The number of hydrogen-bond acceptors (Lipinski definition) is 17. The van der Waals surface area contributed by atoms with Crippen molar-refractivity contribution in [2.75, 3.05) is 17.7 Å². The molecule has 0 fully saturated rings. The second kappa shape index (κ2) is 50.9. The second-order valence-electron chi connectivity index (χ2n) is 17.7. The molecule has 0 atom stereocenters. The number of amidine groups is 2. The number of carbonyl (C=O) groups is 6. The molecule has 9 rings (SSSR count). The first kappa shape index (κ1) is 95.6. The van der Waals surface area contributed by atoms with E-state index in [1.165, 1.54) is 30.0 Å². The summed E-state index contributed by atoms with van der Waals surface area (Å²) in [6.07, 6.45) is 10.6. The van der Waals surface area contributed by atoms with E-state index in [9.17, 15) is 28.8 Å². The van der Waals surface area contributed by atoms with E-state index >= 15 is 0 Å². The fourth-order valence-corrected chi connectivity index (χ4v) is 10.1. The predicted molar refractivity (Wildman–Crippen MR) is 446 cm³/mol. The summed E-state index contributed by atoms with van der Waals surface area (Å²) in [6.45, 7) is -0.250. The van der Waals surface area contributed by atoms with Crippen LogP contribution in [0.2, 0.25) is 60.3 Å². The molecule has 22 nitrogen and oxygen atoms in total. The van der Waals surface area contributed by atoms with Crippen molar-refractivity contribution in [1.29, 1.82) is 5.41 Å². The number of carboxylic acids is 2. The minimum absolute atomic E-state index is 0. The van der Waals surface area contributed by atoms with Crippen LogP contribution >= 0.6 is 245 Å². The van der Waals surface area contributed by atoms with Crippen molar-refractivity contribution in [1.82, 2.24) is 30.4 Å². The van der Waals surface area contributed by atoms with Gasteiger partial charge in [-0.1, -0.05) is 174 Å². The quantitative estimate of drug-likeness (QED) is 0.00417. The first-order valence-corrected chi connectivity index (χ1v) is 34.8. The zero-order chi connectivity index (χ0) is 74.6. The van der Waals surface area contributed by atoms with Gasteiger partial charge in [-0.15, -0.1) is 59.7 Å². The number of thioether (sulfide) groups is 1. The highest BCUT2D eigenvalue weighted by atomic mass is 127. The van der Waals surface area contributed by atoms with Crippen LogP contribution in [-0.4, -0.2) is 115 Å². The van der Waals surface area contributed by atoms with Crippen molar-refractivity contribution < 1.29 is 43.7 Å². The molecule has 1 aliphatic heterocycles. The summed E-state index contributed by atoms with van der Waals surface area (Å²) in [4.78, 5) is 76.6. The van der Waals surface area contributed by atoms with Crippen LogP contribution in [0.1, 0.15) is 33.9 Å². The molecule has 536 valence electrons. The number of nitrogens with two attached hydrogens (primary N) is 4. The Morgan fingerprint density at radius 2 is 0.851 bits per heavy atom. The molecule has 0 aliphatic carbocycles. The van der Waals surface area contributed by atoms with Gasteiger partial charge in [-0.05, 0) is 150 Å². The standard InChI is InChI=1S/C12H10Cl2N2O3.C11H6Cl3N3O.C11H7Cl2N3O2.C8H7Cl2NS.C7H7Cl2N3.C7H5Cl2NS.C4H2O3.CH3I.2HI/c13-8-3-7(4-9(14)5-8)12(15)16-6-10(17)1-2-11(18)19;12-7-3-6(4-8(13)5-7)11-15-10(16-17-11)2-1-9(14)18;12-7-3-6(4-8(13)5-7)11-14-9(15-16-11)1-2-10(17)18;1-12-8(11)5-2-6(9)4-7(10)3-5;8-5-1-4(7(10)12-11)2-6(9)3-5;8-5-1-4(7(10)11)2-6(9)3-5;5-3-1-2-4(6)7-3;1-2;;/h1-5H,6H2,(H2,15,16)(H,18,19);1-5H,(H,15,16,17);1-5H,(H,17,18)(H,14,15,16);2-4,11H,1H3;1-3H,11H2,(H2,10,12);1-3H,(H2,10,11);1-2H;1H3;2*1H/b3*2-1-;;;;;;;. The van der Waals surface area contributed by atoms with Crippen LogP contribution in [0.5, 0.6) is 0 Å². The van der Waals surface area contributed by atoms with Crippen molar-refractivity contribution in [3.05, 3.63) is 240 Å². The first-order valence-electron chi connectivity index (χ1n) is 26.0. The number of cyclic esters (lactones) is 2. The summed E-state index contributed by atoms with van der Waals surface area (Å²) in [6, 6.07) is 29.6. The Labute approximate surface area is 698 Å². The summed E-state index contributed by atoms with van der Waals surface area (Å²) >= 11 is 82.9. The van der Waals surface area contributed by atoms with Crippen molar-refractivity contribution in [3.63, 3.8) is 0 Å². The number of ether oxygens (including phenoxy) is 1. The molecule has 1 aliphatic rings. The lowest BCUT2D eigenvalue weighted by molar-refractivity contribution is -0.150. The summed E-state index contributed by atoms with van der Waals surface area (Å²) in [5, 5.41) is 46.7. The van der Waals surface area contributed by atoms with E-state index in [-0.39, 0.29) is 66.2 Å². The van der Waals surface area contributed by atoms with Gasteiger partial charge in [0.05, 0.1) is 5.04 Å². The number of hydrogen-bond donors (Lipinski definition) is 9. The van der Waals surface area contributed by atoms with Crippen LogP contribution in [0.4, 0.5) is 0 Å². The number of carboxylic acid groups (broad SMARTS) is 2. The Balaban J connectivity index is 0.00000117. The summed E-state index contributed by atoms with van der Waals surface area (Å²) in [7, 11) is 0. The number of allylic oxidation sites excluding steroid dienone is 1. The summed E-state index contributed by atoms with van der Waals surface area (Å²) in [5.41, 5.74) is 20.4. The third-order valence-corrected chi connectivity index (χ3v) is 13.9. The number of carbonyl (C=O) groups excluding carboxylic acids is 4. The molecule has 0 spiro atoms. The van der Waals surface area contributed by atoms with E-state index < -0.39 is 34.9 Å². The van der Waals surface area contributed by atoms with Gasteiger partial charge in [0, 0.05) is 124 Å². The number of nitrogens with zero attached hydrogens (tertiary/aromatic N) is 6. The Bertz CT molecular complexity index is 4170.